The summed E-state index contributed by atoms with van der Waals surface area (Å²) < 4.78 is 13.8. The lowest BCUT2D eigenvalue weighted by Crippen LogP contribution is -3.00. The summed E-state index contributed by atoms with van der Waals surface area (Å²) >= 11 is 1.71. The second kappa shape index (κ2) is 20.5. The number of carbonyl (C=O) groups is 1. The molecule has 0 unspecified atom stereocenters. The zero-order valence-corrected chi connectivity index (χ0v) is 26.7. The largest absolute Gasteiger partial charge is 1.00 e. The molecule has 0 aliphatic heterocycles. The Hall–Kier alpha value is -2.38. The molecule has 1 aromatic heterocycles. The molecule has 0 saturated heterocycles. The molecule has 220 valence electrons. The van der Waals surface area contributed by atoms with E-state index in [1.54, 1.807) is 11.3 Å². The van der Waals surface area contributed by atoms with Gasteiger partial charge in [-0.05, 0) is 31.5 Å². The molecule has 0 saturated carbocycles. The highest BCUT2D eigenvalue weighted by Crippen LogP contribution is 2.21. The van der Waals surface area contributed by atoms with Crippen molar-refractivity contribution >= 4 is 22.9 Å². The number of rotatable bonds is 20. The highest BCUT2D eigenvalue weighted by molar-refractivity contribution is 7.09. The van der Waals surface area contributed by atoms with E-state index < -0.39 is 0 Å². The van der Waals surface area contributed by atoms with Gasteiger partial charge in [-0.2, -0.15) is 4.57 Å². The average Bonchev–Trinajstić information content (AvgIpc) is 3.36. The number of halogens is 1. The van der Waals surface area contributed by atoms with Crippen LogP contribution in [0.15, 0.2) is 60.2 Å². The van der Waals surface area contributed by atoms with Gasteiger partial charge in [0, 0.05) is 11.6 Å². The highest BCUT2D eigenvalue weighted by atomic mass is 79.9. The van der Waals surface area contributed by atoms with Gasteiger partial charge in [-0.1, -0.05) is 113 Å². The van der Waals surface area contributed by atoms with E-state index in [4.69, 9.17) is 9.47 Å². The molecule has 0 atom stereocenters. The molecule has 0 spiro atoms. The topological polar surface area (TPSA) is 51.4 Å². The molecule has 3 rings (SSSR count). The van der Waals surface area contributed by atoms with Gasteiger partial charge in [-0.3, -0.25) is 4.79 Å². The summed E-state index contributed by atoms with van der Waals surface area (Å²) in [6, 6.07) is 15.4. The van der Waals surface area contributed by atoms with Gasteiger partial charge < -0.3 is 31.8 Å². The zero-order valence-electron chi connectivity index (χ0n) is 24.3. The molecule has 0 radical (unpaired) electrons. The third-order valence-electron chi connectivity index (χ3n) is 6.81. The third-order valence-corrected chi connectivity index (χ3v) is 7.66. The minimum absolute atomic E-state index is 0. The van der Waals surface area contributed by atoms with Crippen LogP contribution in [-0.2, 0) is 11.3 Å². The van der Waals surface area contributed by atoms with Crippen LogP contribution in [0.5, 0.6) is 11.5 Å². The number of thiazole rings is 1. The highest BCUT2D eigenvalue weighted by Gasteiger charge is 2.12. The Bertz CT molecular complexity index is 1100. The molecular formula is C33H47BrN2O3S. The number of hydrogen-bond donors (Lipinski definition) is 1. The Balaban J connectivity index is 0.00000560. The normalized spacial score (nSPS) is 10.7. The standard InChI is InChI=1S/C33H46N2O3S.BrH/c1-3-4-5-6-7-8-9-10-11-12-13-16-22-37-30-19-17-20-31(23-30)38-26-33(36)34-32-21-15-14-18-29(32)25-35-24-28(2)39-27-35;/h14-15,17-21,23-24,27H,3-13,16,22,25-26H2,1-2H3;1H. The van der Waals surface area contributed by atoms with Crippen molar-refractivity contribution in [2.75, 3.05) is 18.5 Å². The van der Waals surface area contributed by atoms with E-state index in [0.29, 0.717) is 18.9 Å². The lowest BCUT2D eigenvalue weighted by Gasteiger charge is -2.11. The van der Waals surface area contributed by atoms with Gasteiger partial charge in [-0.25, -0.2) is 0 Å². The first kappa shape index (κ1) is 33.8. The molecule has 0 bridgehead atoms. The van der Waals surface area contributed by atoms with Crippen LogP contribution in [0, 0.1) is 6.92 Å². The van der Waals surface area contributed by atoms with Crippen molar-refractivity contribution in [3.05, 3.63) is 70.7 Å². The van der Waals surface area contributed by atoms with E-state index in [9.17, 15) is 4.79 Å². The molecule has 7 heteroatoms. The molecule has 5 nitrogen and oxygen atoms in total. The van der Waals surface area contributed by atoms with Crippen LogP contribution < -0.4 is 36.3 Å². The van der Waals surface area contributed by atoms with Gasteiger partial charge in [0.2, 0.25) is 5.51 Å². The van der Waals surface area contributed by atoms with Crippen LogP contribution in [0.25, 0.3) is 0 Å². The second-order valence-corrected chi connectivity index (χ2v) is 11.4. The number of para-hydroxylation sites is 1. The quantitative estimate of drug-likeness (QED) is 0.133. The van der Waals surface area contributed by atoms with E-state index >= 15 is 0 Å². The van der Waals surface area contributed by atoms with E-state index in [1.165, 1.54) is 75.5 Å². The summed E-state index contributed by atoms with van der Waals surface area (Å²) in [7, 11) is 0. The number of aromatic nitrogens is 1. The van der Waals surface area contributed by atoms with Crippen molar-refractivity contribution in [2.24, 2.45) is 0 Å². The molecule has 1 heterocycles. The minimum Gasteiger partial charge on any atom is -1.00 e. The van der Waals surface area contributed by atoms with E-state index in [2.05, 4.69) is 35.4 Å². The second-order valence-electron chi connectivity index (χ2n) is 10.3. The molecule has 3 aromatic rings. The Morgan fingerprint density at radius 1 is 0.825 bits per heavy atom. The number of anilines is 1. The fourth-order valence-corrected chi connectivity index (χ4v) is 5.26. The Kier molecular flexibility index (Phi) is 17.3. The van der Waals surface area contributed by atoms with Crippen molar-refractivity contribution in [3.8, 4) is 11.5 Å². The molecule has 1 amide bonds. The van der Waals surface area contributed by atoms with Crippen LogP contribution in [0.3, 0.4) is 0 Å². The summed E-state index contributed by atoms with van der Waals surface area (Å²) in [5, 5.41) is 3.00. The summed E-state index contributed by atoms with van der Waals surface area (Å²) in [5.41, 5.74) is 3.95. The number of aryl methyl sites for hydroxylation is 1. The zero-order chi connectivity index (χ0) is 27.5. The number of carbonyl (C=O) groups excluding carboxylic acids is 1. The minimum atomic E-state index is -0.184. The number of hydrogen-bond acceptors (Lipinski definition) is 4. The van der Waals surface area contributed by atoms with Gasteiger partial charge in [0.1, 0.15) is 11.5 Å². The van der Waals surface area contributed by atoms with Crippen LogP contribution in [-0.4, -0.2) is 19.1 Å². The van der Waals surface area contributed by atoms with Crippen molar-refractivity contribution in [3.63, 3.8) is 0 Å². The van der Waals surface area contributed by atoms with E-state index in [-0.39, 0.29) is 29.5 Å². The fourth-order valence-electron chi connectivity index (χ4n) is 4.63. The van der Waals surface area contributed by atoms with Crippen LogP contribution in [0.2, 0.25) is 0 Å². The number of unbranched alkanes of at least 4 members (excludes halogenated alkanes) is 11. The molecule has 40 heavy (non-hydrogen) atoms. The number of nitrogens with one attached hydrogen (secondary N) is 1. The first-order valence-corrected chi connectivity index (χ1v) is 15.7. The van der Waals surface area contributed by atoms with Gasteiger partial charge in [-0.15, -0.1) is 0 Å². The van der Waals surface area contributed by atoms with Crippen molar-refractivity contribution in [2.45, 2.75) is 97.4 Å². The SMILES string of the molecule is CCCCCCCCCCCCCCOc1cccc(OCC(=O)Nc2ccccc2C[n+]2csc(C)c2)c1.[Br-]. The Morgan fingerprint density at radius 3 is 2.10 bits per heavy atom. The van der Waals surface area contributed by atoms with Crippen molar-refractivity contribution < 1.29 is 35.8 Å². The Morgan fingerprint density at radius 2 is 1.45 bits per heavy atom. The number of nitrogens with zero attached hydrogens (tertiary/aromatic N) is 1. The van der Waals surface area contributed by atoms with Crippen LogP contribution in [0.1, 0.15) is 94.4 Å². The van der Waals surface area contributed by atoms with E-state index in [0.717, 1.165) is 23.4 Å². The number of benzene rings is 2. The lowest BCUT2D eigenvalue weighted by atomic mass is 10.1. The summed E-state index contributed by atoms with van der Waals surface area (Å²) in [6.45, 7) is 5.72. The van der Waals surface area contributed by atoms with Crippen LogP contribution in [0.4, 0.5) is 5.69 Å². The fraction of sp³-hybridized carbons (Fsp3) is 0.515. The van der Waals surface area contributed by atoms with Crippen LogP contribution >= 0.6 is 11.3 Å². The van der Waals surface area contributed by atoms with Gasteiger partial charge in [0.15, 0.2) is 19.3 Å². The summed E-state index contributed by atoms with van der Waals surface area (Å²) in [4.78, 5) is 13.9. The molecule has 0 fully saturated rings. The molecule has 2 aromatic carbocycles. The smallest absolute Gasteiger partial charge is 0.262 e. The third kappa shape index (κ3) is 13.8. The lowest BCUT2D eigenvalue weighted by molar-refractivity contribution is -0.683. The molecule has 1 N–H and O–H groups in total. The Labute approximate surface area is 256 Å². The summed E-state index contributed by atoms with van der Waals surface area (Å²) in [6.07, 6.45) is 18.1. The maximum atomic E-state index is 12.6. The first-order chi connectivity index (χ1) is 19.1. The summed E-state index contributed by atoms with van der Waals surface area (Å²) in [5.74, 6) is 1.23. The van der Waals surface area contributed by atoms with Crippen molar-refractivity contribution in [1.29, 1.82) is 0 Å². The first-order valence-electron chi connectivity index (χ1n) is 14.8. The monoisotopic (exact) mass is 630 g/mol. The number of amides is 1. The van der Waals surface area contributed by atoms with Gasteiger partial charge >= 0.3 is 0 Å². The van der Waals surface area contributed by atoms with E-state index in [1.807, 2.05) is 48.5 Å². The average molecular weight is 632 g/mol. The van der Waals surface area contributed by atoms with Crippen molar-refractivity contribution in [1.82, 2.24) is 0 Å². The van der Waals surface area contributed by atoms with Gasteiger partial charge in [0.05, 0.1) is 17.2 Å². The predicted octanol–water partition coefficient (Wildman–Crippen LogP) is 5.49. The van der Waals surface area contributed by atoms with Gasteiger partial charge in [0.25, 0.3) is 5.91 Å². The molecule has 0 aliphatic rings. The number of ether oxygens (including phenoxy) is 2. The maximum absolute atomic E-state index is 12.6. The molecular weight excluding hydrogens is 584 g/mol. The molecule has 0 aliphatic carbocycles. The predicted molar refractivity (Wildman–Crippen MR) is 162 cm³/mol. The maximum Gasteiger partial charge on any atom is 0.262 e.